The van der Waals surface area contributed by atoms with Gasteiger partial charge in [0.1, 0.15) is 0 Å². The van der Waals surface area contributed by atoms with Crippen LogP contribution in [-0.4, -0.2) is 23.6 Å². The van der Waals surface area contributed by atoms with Crippen LogP contribution in [-0.2, 0) is 0 Å². The Hall–Kier alpha value is -1.54. The van der Waals surface area contributed by atoms with E-state index >= 15 is 0 Å². The number of nitrogens with zero attached hydrogens (tertiary/aromatic N) is 1. The van der Waals surface area contributed by atoms with Crippen LogP contribution in [0.3, 0.4) is 0 Å². The lowest BCUT2D eigenvalue weighted by molar-refractivity contribution is 1.06. The molecule has 92 valence electrons. The van der Waals surface area contributed by atoms with Gasteiger partial charge in [-0.15, -0.1) is 0 Å². The first-order chi connectivity index (χ1) is 8.66. The molecule has 2 heteroatoms. The van der Waals surface area contributed by atoms with E-state index in [1.54, 1.807) is 0 Å². The summed E-state index contributed by atoms with van der Waals surface area (Å²) < 4.78 is 0. The molecule has 0 saturated heterocycles. The number of hydrogen-bond donors (Lipinski definition) is 0. The van der Waals surface area contributed by atoms with Gasteiger partial charge >= 0.3 is 0 Å². The highest BCUT2D eigenvalue weighted by Gasteiger charge is 2.08. The van der Waals surface area contributed by atoms with Crippen molar-refractivity contribution in [2.75, 3.05) is 19.0 Å². The second-order valence-corrected chi connectivity index (χ2v) is 6.45. The molecule has 1 atom stereocenters. The fourth-order valence-electron chi connectivity index (χ4n) is 1.93. The minimum absolute atomic E-state index is 0.587. The van der Waals surface area contributed by atoms with Gasteiger partial charge in [-0.05, 0) is 23.2 Å². The van der Waals surface area contributed by atoms with E-state index in [9.17, 15) is 0 Å². The van der Waals surface area contributed by atoms with Gasteiger partial charge in [-0.25, -0.2) is 0 Å². The van der Waals surface area contributed by atoms with Gasteiger partial charge in [-0.3, -0.25) is 0 Å². The van der Waals surface area contributed by atoms with Crippen molar-refractivity contribution >= 4 is 20.4 Å². The standard InChI is InChI=1S/C16H19NSi/c1-13(18-16-7-5-4-6-8-16)14-9-11-15(12-10-14)17(2)3/h4-13H,1-3H3. The molecule has 18 heavy (non-hydrogen) atoms. The third-order valence-corrected chi connectivity index (χ3v) is 4.50. The Morgan fingerprint density at radius 1 is 0.889 bits per heavy atom. The zero-order valence-electron chi connectivity index (χ0n) is 11.2. The Kier molecular flexibility index (Phi) is 4.21. The molecule has 0 aliphatic heterocycles. The minimum atomic E-state index is 0.587. The Balaban J connectivity index is 2.07. The van der Waals surface area contributed by atoms with E-state index in [1.165, 1.54) is 16.4 Å². The normalized spacial score (nSPS) is 12.2. The first-order valence-corrected chi connectivity index (χ1v) is 7.33. The molecule has 2 radical (unpaired) electrons. The van der Waals surface area contributed by atoms with Crippen LogP contribution in [0.4, 0.5) is 5.69 Å². The fraction of sp³-hybridized carbons (Fsp3) is 0.250. The van der Waals surface area contributed by atoms with Gasteiger partial charge in [0.15, 0.2) is 0 Å². The SMILES string of the molecule is CC([Si]c1ccccc1)c1ccc(N(C)C)cc1. The molecule has 0 N–H and O–H groups in total. The number of benzene rings is 2. The lowest BCUT2D eigenvalue weighted by Crippen LogP contribution is -2.19. The summed E-state index contributed by atoms with van der Waals surface area (Å²) in [5.74, 6) is 0. The summed E-state index contributed by atoms with van der Waals surface area (Å²) in [6.45, 7) is 2.30. The van der Waals surface area contributed by atoms with Gasteiger partial charge in [0, 0.05) is 19.8 Å². The number of rotatable bonds is 4. The average Bonchev–Trinajstić information content (AvgIpc) is 2.40. The highest BCUT2D eigenvalue weighted by molar-refractivity contribution is 6.54. The highest BCUT2D eigenvalue weighted by Crippen LogP contribution is 2.18. The summed E-state index contributed by atoms with van der Waals surface area (Å²) in [5, 5.41) is 1.43. The van der Waals surface area contributed by atoms with E-state index in [0.29, 0.717) is 5.54 Å². The molecule has 1 unspecified atom stereocenters. The average molecular weight is 253 g/mol. The van der Waals surface area contributed by atoms with E-state index in [1.807, 2.05) is 0 Å². The molecular formula is C16H19NSi. The van der Waals surface area contributed by atoms with Gasteiger partial charge < -0.3 is 4.90 Å². The Morgan fingerprint density at radius 2 is 1.50 bits per heavy atom. The fourth-order valence-corrected chi connectivity index (χ4v) is 3.17. The lowest BCUT2D eigenvalue weighted by Gasteiger charge is -2.15. The maximum atomic E-state index is 2.30. The van der Waals surface area contributed by atoms with E-state index in [0.717, 1.165) is 9.52 Å². The Morgan fingerprint density at radius 3 is 2.06 bits per heavy atom. The topological polar surface area (TPSA) is 3.24 Å². The van der Waals surface area contributed by atoms with Crippen LogP contribution in [0.5, 0.6) is 0 Å². The molecule has 0 aliphatic carbocycles. The van der Waals surface area contributed by atoms with Gasteiger partial charge in [-0.1, -0.05) is 54.6 Å². The zero-order valence-corrected chi connectivity index (χ0v) is 12.2. The van der Waals surface area contributed by atoms with Crippen molar-refractivity contribution in [1.29, 1.82) is 0 Å². The van der Waals surface area contributed by atoms with Crippen molar-refractivity contribution in [2.24, 2.45) is 0 Å². The third-order valence-electron chi connectivity index (χ3n) is 3.07. The van der Waals surface area contributed by atoms with Crippen LogP contribution < -0.4 is 10.1 Å². The van der Waals surface area contributed by atoms with Crippen molar-refractivity contribution in [2.45, 2.75) is 12.5 Å². The maximum Gasteiger partial charge on any atom is 0.0887 e. The monoisotopic (exact) mass is 253 g/mol. The summed E-state index contributed by atoms with van der Waals surface area (Å²) in [7, 11) is 4.98. The molecule has 0 aliphatic rings. The van der Waals surface area contributed by atoms with E-state index in [-0.39, 0.29) is 0 Å². The van der Waals surface area contributed by atoms with Crippen molar-refractivity contribution in [3.8, 4) is 0 Å². The number of anilines is 1. The third kappa shape index (κ3) is 3.23. The van der Waals surface area contributed by atoms with Crippen LogP contribution in [0.25, 0.3) is 0 Å². The highest BCUT2D eigenvalue weighted by atomic mass is 28.2. The van der Waals surface area contributed by atoms with Crippen LogP contribution >= 0.6 is 0 Å². The summed E-state index contributed by atoms with van der Waals surface area (Å²) in [4.78, 5) is 2.13. The maximum absolute atomic E-state index is 2.30. The predicted octanol–water partition coefficient (Wildman–Crippen LogP) is 2.84. The van der Waals surface area contributed by atoms with E-state index < -0.39 is 0 Å². The second kappa shape index (κ2) is 5.87. The van der Waals surface area contributed by atoms with Crippen LogP contribution in [0.15, 0.2) is 54.6 Å². The minimum Gasteiger partial charge on any atom is -0.378 e. The largest absolute Gasteiger partial charge is 0.378 e. The molecule has 0 bridgehead atoms. The van der Waals surface area contributed by atoms with E-state index in [4.69, 9.17) is 0 Å². The summed E-state index contributed by atoms with van der Waals surface area (Å²) >= 11 is 0. The smallest absolute Gasteiger partial charge is 0.0887 e. The van der Waals surface area contributed by atoms with Crippen LogP contribution in [0.1, 0.15) is 18.0 Å². The van der Waals surface area contributed by atoms with Crippen molar-refractivity contribution < 1.29 is 0 Å². The molecule has 0 spiro atoms. The van der Waals surface area contributed by atoms with Gasteiger partial charge in [-0.2, -0.15) is 0 Å². The molecule has 1 nitrogen and oxygen atoms in total. The Bertz CT molecular complexity index is 476. The first-order valence-electron chi connectivity index (χ1n) is 6.25. The predicted molar refractivity (Wildman–Crippen MR) is 81.0 cm³/mol. The van der Waals surface area contributed by atoms with Crippen molar-refractivity contribution in [3.05, 3.63) is 60.2 Å². The Labute approximate surface area is 112 Å². The number of hydrogen-bond acceptors (Lipinski definition) is 1. The molecule has 2 aromatic rings. The summed E-state index contributed by atoms with van der Waals surface area (Å²) in [6, 6.07) is 19.6. The molecule has 0 aromatic heterocycles. The molecule has 0 fully saturated rings. The second-order valence-electron chi connectivity index (χ2n) is 4.72. The molecule has 0 saturated carbocycles. The van der Waals surface area contributed by atoms with E-state index in [2.05, 4.69) is 80.5 Å². The van der Waals surface area contributed by atoms with Gasteiger partial charge in [0.25, 0.3) is 0 Å². The lowest BCUT2D eigenvalue weighted by atomic mass is 10.1. The van der Waals surface area contributed by atoms with Crippen molar-refractivity contribution in [3.63, 3.8) is 0 Å². The first kappa shape index (κ1) is 12.9. The van der Waals surface area contributed by atoms with Crippen molar-refractivity contribution in [1.82, 2.24) is 0 Å². The van der Waals surface area contributed by atoms with Gasteiger partial charge in [0.05, 0.1) is 9.52 Å². The molecule has 0 heterocycles. The molecular weight excluding hydrogens is 234 g/mol. The molecule has 0 amide bonds. The summed E-state index contributed by atoms with van der Waals surface area (Å²) in [6.07, 6.45) is 0. The van der Waals surface area contributed by atoms with Crippen LogP contribution in [0.2, 0.25) is 0 Å². The molecule has 2 aromatic carbocycles. The quantitative estimate of drug-likeness (QED) is 0.757. The van der Waals surface area contributed by atoms with Crippen LogP contribution in [0, 0.1) is 0 Å². The summed E-state index contributed by atoms with van der Waals surface area (Å²) in [5.41, 5.74) is 3.26. The molecule has 2 rings (SSSR count). The van der Waals surface area contributed by atoms with Gasteiger partial charge in [0.2, 0.25) is 0 Å². The zero-order chi connectivity index (χ0) is 13.0.